The van der Waals surface area contributed by atoms with Gasteiger partial charge in [0.05, 0.1) is 24.9 Å². The molecule has 0 saturated heterocycles. The van der Waals surface area contributed by atoms with Gasteiger partial charge in [-0.05, 0) is 42.0 Å². The van der Waals surface area contributed by atoms with Gasteiger partial charge in [0, 0.05) is 13.0 Å². The number of benzene rings is 2. The van der Waals surface area contributed by atoms with Crippen LogP contribution in [0.3, 0.4) is 0 Å². The minimum Gasteiger partial charge on any atom is -0.493 e. The molecule has 0 aliphatic rings. The van der Waals surface area contributed by atoms with Gasteiger partial charge in [-0.1, -0.05) is 6.07 Å². The van der Waals surface area contributed by atoms with Gasteiger partial charge in [-0.25, -0.2) is 12.8 Å². The van der Waals surface area contributed by atoms with Crippen LogP contribution < -0.4 is 14.8 Å². The number of nitrogens with one attached hydrogen (secondary N) is 1. The van der Waals surface area contributed by atoms with E-state index in [-0.39, 0.29) is 23.6 Å². The molecule has 0 aliphatic heterocycles. The van der Waals surface area contributed by atoms with Crippen LogP contribution in [0.5, 0.6) is 11.5 Å². The number of carbonyl (C=O) groups is 1. The lowest BCUT2D eigenvalue weighted by molar-refractivity contribution is -0.120. The molecule has 2 rings (SSSR count). The van der Waals surface area contributed by atoms with Crippen LogP contribution in [0.2, 0.25) is 0 Å². The number of carbonyl (C=O) groups excluding carboxylic acids is 1. The minimum absolute atomic E-state index is 0.00779. The molecule has 26 heavy (non-hydrogen) atoms. The van der Waals surface area contributed by atoms with Gasteiger partial charge in [0.25, 0.3) is 0 Å². The number of ether oxygens (including phenoxy) is 2. The molecule has 0 radical (unpaired) electrons. The molecule has 0 bridgehead atoms. The maximum atomic E-state index is 12.9. The van der Waals surface area contributed by atoms with E-state index in [9.17, 15) is 17.6 Å². The van der Waals surface area contributed by atoms with E-state index in [1.54, 1.807) is 18.2 Å². The number of sulfone groups is 1. The Morgan fingerprint density at radius 3 is 2.31 bits per heavy atom. The molecule has 0 unspecified atom stereocenters. The van der Waals surface area contributed by atoms with E-state index in [1.165, 1.54) is 26.4 Å². The average Bonchev–Trinajstić information content (AvgIpc) is 2.64. The maximum Gasteiger partial charge on any atom is 0.221 e. The fourth-order valence-electron chi connectivity index (χ4n) is 2.27. The van der Waals surface area contributed by atoms with Crippen LogP contribution in [0.25, 0.3) is 0 Å². The van der Waals surface area contributed by atoms with Crippen LogP contribution in [-0.4, -0.2) is 34.3 Å². The summed E-state index contributed by atoms with van der Waals surface area (Å²) in [7, 11) is -0.596. The van der Waals surface area contributed by atoms with Gasteiger partial charge in [-0.2, -0.15) is 0 Å². The summed E-state index contributed by atoms with van der Waals surface area (Å²) >= 11 is 0. The van der Waals surface area contributed by atoms with Gasteiger partial charge in [-0.3, -0.25) is 4.79 Å². The predicted octanol–water partition coefficient (Wildman–Crippen LogP) is 2.32. The molecule has 0 heterocycles. The van der Waals surface area contributed by atoms with E-state index in [4.69, 9.17) is 9.47 Å². The van der Waals surface area contributed by atoms with Crippen molar-refractivity contribution in [3.8, 4) is 11.5 Å². The third kappa shape index (κ3) is 5.19. The predicted molar refractivity (Wildman–Crippen MR) is 94.5 cm³/mol. The number of halogens is 1. The Morgan fingerprint density at radius 1 is 1.04 bits per heavy atom. The minimum atomic E-state index is -3.64. The first-order valence-corrected chi connectivity index (χ1v) is 9.47. The molecule has 0 saturated carbocycles. The van der Waals surface area contributed by atoms with E-state index in [2.05, 4.69) is 5.32 Å². The van der Waals surface area contributed by atoms with Gasteiger partial charge in [0.15, 0.2) is 21.3 Å². The summed E-state index contributed by atoms with van der Waals surface area (Å²) in [5.74, 6) is -0.149. The van der Waals surface area contributed by atoms with Crippen LogP contribution in [0, 0.1) is 5.82 Å². The second-order valence-corrected chi connectivity index (χ2v) is 7.60. The monoisotopic (exact) mass is 381 g/mol. The molecule has 1 N–H and O–H groups in total. The molecule has 0 spiro atoms. The Morgan fingerprint density at radius 2 is 1.69 bits per heavy atom. The molecule has 2 aromatic rings. The summed E-state index contributed by atoms with van der Waals surface area (Å²) < 4.78 is 47.5. The molecular weight excluding hydrogens is 361 g/mol. The molecule has 0 aliphatic carbocycles. The van der Waals surface area contributed by atoms with E-state index < -0.39 is 21.6 Å². The number of hydrogen-bond donors (Lipinski definition) is 1. The van der Waals surface area contributed by atoms with Crippen LogP contribution >= 0.6 is 0 Å². The summed E-state index contributed by atoms with van der Waals surface area (Å²) in [6.07, 6.45) is -0.188. The molecule has 140 valence electrons. The van der Waals surface area contributed by atoms with Crippen molar-refractivity contribution in [2.45, 2.75) is 17.9 Å². The summed E-state index contributed by atoms with van der Waals surface area (Å²) in [4.78, 5) is 11.9. The standard InChI is InChI=1S/C18H20FNO5S/c1-24-16-8-3-13(11-17(16)25-2)12-20-18(21)9-10-26(22,23)15-6-4-14(19)5-7-15/h3-8,11H,9-10,12H2,1-2H3,(H,20,21). The van der Waals surface area contributed by atoms with Crippen LogP contribution in [0.4, 0.5) is 4.39 Å². The highest BCUT2D eigenvalue weighted by molar-refractivity contribution is 7.91. The number of hydrogen-bond acceptors (Lipinski definition) is 5. The smallest absolute Gasteiger partial charge is 0.221 e. The first-order chi connectivity index (χ1) is 12.4. The van der Waals surface area contributed by atoms with Crippen molar-refractivity contribution in [3.63, 3.8) is 0 Å². The third-order valence-corrected chi connectivity index (χ3v) is 5.44. The van der Waals surface area contributed by atoms with E-state index in [1.807, 2.05) is 0 Å². The second-order valence-electron chi connectivity index (χ2n) is 5.49. The highest BCUT2D eigenvalue weighted by Gasteiger charge is 2.16. The molecule has 8 heteroatoms. The highest BCUT2D eigenvalue weighted by Crippen LogP contribution is 2.27. The van der Waals surface area contributed by atoms with Crippen LogP contribution in [-0.2, 0) is 21.2 Å². The van der Waals surface area contributed by atoms with E-state index in [0.717, 1.165) is 17.7 Å². The van der Waals surface area contributed by atoms with Crippen molar-refractivity contribution in [1.82, 2.24) is 5.32 Å². The lowest BCUT2D eigenvalue weighted by atomic mass is 10.2. The summed E-state index contributed by atoms with van der Waals surface area (Å²) in [6.45, 7) is 0.232. The van der Waals surface area contributed by atoms with Crippen molar-refractivity contribution >= 4 is 15.7 Å². The van der Waals surface area contributed by atoms with Crippen molar-refractivity contribution in [2.24, 2.45) is 0 Å². The van der Waals surface area contributed by atoms with Gasteiger partial charge in [-0.15, -0.1) is 0 Å². The van der Waals surface area contributed by atoms with Gasteiger partial charge in [0.1, 0.15) is 5.82 Å². The van der Waals surface area contributed by atoms with Crippen molar-refractivity contribution in [1.29, 1.82) is 0 Å². The van der Waals surface area contributed by atoms with Crippen molar-refractivity contribution < 1.29 is 27.1 Å². The third-order valence-electron chi connectivity index (χ3n) is 3.71. The van der Waals surface area contributed by atoms with E-state index in [0.29, 0.717) is 11.5 Å². The highest BCUT2D eigenvalue weighted by atomic mass is 32.2. The zero-order chi connectivity index (χ0) is 19.2. The molecule has 1 amide bonds. The Hall–Kier alpha value is -2.61. The van der Waals surface area contributed by atoms with Crippen LogP contribution in [0.15, 0.2) is 47.4 Å². The fraction of sp³-hybridized carbons (Fsp3) is 0.278. The lowest BCUT2D eigenvalue weighted by Gasteiger charge is -2.10. The van der Waals surface area contributed by atoms with Gasteiger partial charge < -0.3 is 14.8 Å². The van der Waals surface area contributed by atoms with Gasteiger partial charge in [0.2, 0.25) is 5.91 Å². The first-order valence-electron chi connectivity index (χ1n) is 7.81. The number of methoxy groups -OCH3 is 2. The SMILES string of the molecule is COc1ccc(CNC(=O)CCS(=O)(=O)c2ccc(F)cc2)cc1OC. The Kier molecular flexibility index (Phi) is 6.57. The quantitative estimate of drug-likeness (QED) is 0.710. The zero-order valence-electron chi connectivity index (χ0n) is 14.5. The van der Waals surface area contributed by atoms with Crippen molar-refractivity contribution in [3.05, 3.63) is 53.8 Å². The molecule has 6 nitrogen and oxygen atoms in total. The second kappa shape index (κ2) is 8.66. The summed E-state index contributed by atoms with van der Waals surface area (Å²) in [5, 5.41) is 2.66. The van der Waals surface area contributed by atoms with Crippen molar-refractivity contribution in [2.75, 3.05) is 20.0 Å². The maximum absolute atomic E-state index is 12.9. The fourth-order valence-corrected chi connectivity index (χ4v) is 3.51. The molecule has 0 fully saturated rings. The molecule has 0 atom stereocenters. The lowest BCUT2D eigenvalue weighted by Crippen LogP contribution is -2.25. The summed E-state index contributed by atoms with van der Waals surface area (Å²) in [6, 6.07) is 9.75. The molecule has 2 aromatic carbocycles. The van der Waals surface area contributed by atoms with Crippen LogP contribution in [0.1, 0.15) is 12.0 Å². The largest absolute Gasteiger partial charge is 0.493 e. The molecular formula is C18H20FNO5S. The normalized spacial score (nSPS) is 11.0. The Labute approximate surface area is 151 Å². The number of amides is 1. The molecule has 0 aromatic heterocycles. The van der Waals surface area contributed by atoms with Gasteiger partial charge >= 0.3 is 0 Å². The Bertz CT molecular complexity index is 866. The number of rotatable bonds is 8. The zero-order valence-corrected chi connectivity index (χ0v) is 15.3. The average molecular weight is 381 g/mol. The summed E-state index contributed by atoms with van der Waals surface area (Å²) in [5.41, 5.74) is 0.789. The Balaban J connectivity index is 1.90. The topological polar surface area (TPSA) is 81.7 Å². The first kappa shape index (κ1) is 19.7. The van der Waals surface area contributed by atoms with E-state index >= 15 is 0 Å².